The average Bonchev–Trinajstić information content (AvgIpc) is 3.15. The van der Waals surface area contributed by atoms with Gasteiger partial charge in [0.25, 0.3) is 5.91 Å². The number of nitrogens with one attached hydrogen (secondary N) is 1. The largest absolute Gasteiger partial charge is 0.508 e. The van der Waals surface area contributed by atoms with Crippen molar-refractivity contribution in [2.24, 2.45) is 0 Å². The van der Waals surface area contributed by atoms with Crippen molar-refractivity contribution in [3.05, 3.63) is 47.0 Å². The number of rotatable bonds is 7. The molecule has 0 radical (unpaired) electrons. The molecule has 2 aromatic carbocycles. The first-order valence-electron chi connectivity index (χ1n) is 9.85. The maximum Gasteiger partial charge on any atom is 0.251 e. The van der Waals surface area contributed by atoms with E-state index < -0.39 is 18.5 Å². The Balaban J connectivity index is 2.07. The summed E-state index contributed by atoms with van der Waals surface area (Å²) in [6.07, 6.45) is -1.42. The third-order valence-electron chi connectivity index (χ3n) is 5.30. The fourth-order valence-corrected chi connectivity index (χ4v) is 3.83. The highest BCUT2D eigenvalue weighted by Crippen LogP contribution is 2.41. The van der Waals surface area contributed by atoms with Crippen molar-refractivity contribution in [1.82, 2.24) is 5.32 Å². The first kappa shape index (κ1) is 22.0. The summed E-state index contributed by atoms with van der Waals surface area (Å²) in [7, 11) is 1.54. The normalized spacial score (nSPS) is 19.2. The molecular formula is C22H27NO7. The number of hydrogen-bond acceptors (Lipinski definition) is 7. The standard InChI is InChI=1S/C22H27NO7/c1-3-14-15(8-20-29-18(10-24)19(11-25)30-20)21(17(27)9-16(14)26)12-5-4-6-13(7-12)22(28)23-2/h4-7,9,18-20,24-27H,3,8,10-11H2,1-2H3,(H,23,28)/t18-,19-/m1/s1. The number of aliphatic hydroxyl groups is 2. The first-order chi connectivity index (χ1) is 14.4. The highest BCUT2D eigenvalue weighted by Gasteiger charge is 2.36. The van der Waals surface area contributed by atoms with Crippen LogP contribution in [0.1, 0.15) is 28.4 Å². The Hall–Kier alpha value is -2.65. The fraction of sp³-hybridized carbons (Fsp3) is 0.409. The van der Waals surface area contributed by atoms with E-state index in [2.05, 4.69) is 5.32 Å². The zero-order chi connectivity index (χ0) is 21.8. The van der Waals surface area contributed by atoms with Crippen molar-refractivity contribution in [3.63, 3.8) is 0 Å². The Morgan fingerprint density at radius 3 is 2.27 bits per heavy atom. The summed E-state index contributed by atoms with van der Waals surface area (Å²) in [5.74, 6) is -0.442. The van der Waals surface area contributed by atoms with Gasteiger partial charge in [-0.15, -0.1) is 0 Å². The van der Waals surface area contributed by atoms with Gasteiger partial charge in [0.15, 0.2) is 6.29 Å². The summed E-state index contributed by atoms with van der Waals surface area (Å²) in [6, 6.07) is 8.10. The molecule has 1 heterocycles. The van der Waals surface area contributed by atoms with Crippen molar-refractivity contribution >= 4 is 5.91 Å². The second kappa shape index (κ2) is 9.44. The monoisotopic (exact) mass is 417 g/mol. The maximum absolute atomic E-state index is 12.1. The molecule has 30 heavy (non-hydrogen) atoms. The lowest BCUT2D eigenvalue weighted by Gasteiger charge is -2.20. The van der Waals surface area contributed by atoms with E-state index in [4.69, 9.17) is 9.47 Å². The van der Waals surface area contributed by atoms with Crippen LogP contribution in [0.15, 0.2) is 30.3 Å². The van der Waals surface area contributed by atoms with Crippen LogP contribution >= 0.6 is 0 Å². The Morgan fingerprint density at radius 1 is 1.03 bits per heavy atom. The lowest BCUT2D eigenvalue weighted by Crippen LogP contribution is -2.29. The van der Waals surface area contributed by atoms with Crippen LogP contribution in [0.4, 0.5) is 0 Å². The van der Waals surface area contributed by atoms with Gasteiger partial charge in [-0.2, -0.15) is 0 Å². The minimum absolute atomic E-state index is 0.0494. The number of carbonyl (C=O) groups is 1. The van der Waals surface area contributed by atoms with Crippen molar-refractivity contribution in [2.75, 3.05) is 20.3 Å². The van der Waals surface area contributed by atoms with Gasteiger partial charge in [-0.25, -0.2) is 0 Å². The summed E-state index contributed by atoms with van der Waals surface area (Å²) in [4.78, 5) is 12.1. The summed E-state index contributed by atoms with van der Waals surface area (Å²) in [6.45, 7) is 1.28. The number of ether oxygens (including phenoxy) is 2. The topological polar surface area (TPSA) is 128 Å². The second-order valence-electron chi connectivity index (χ2n) is 7.11. The molecule has 1 saturated heterocycles. The van der Waals surface area contributed by atoms with Crippen LogP contribution < -0.4 is 5.32 Å². The van der Waals surface area contributed by atoms with Gasteiger partial charge < -0.3 is 35.2 Å². The van der Waals surface area contributed by atoms with Crippen LogP contribution in [0.3, 0.4) is 0 Å². The van der Waals surface area contributed by atoms with Gasteiger partial charge >= 0.3 is 0 Å². The zero-order valence-electron chi connectivity index (χ0n) is 17.0. The fourth-order valence-electron chi connectivity index (χ4n) is 3.83. The molecule has 8 nitrogen and oxygen atoms in total. The van der Waals surface area contributed by atoms with E-state index in [0.29, 0.717) is 34.2 Å². The van der Waals surface area contributed by atoms with Crippen molar-refractivity contribution < 1.29 is 34.7 Å². The van der Waals surface area contributed by atoms with E-state index in [1.165, 1.54) is 13.1 Å². The van der Waals surface area contributed by atoms with Crippen LogP contribution in [0, 0.1) is 0 Å². The molecule has 0 saturated carbocycles. The Bertz CT molecular complexity index is 903. The minimum atomic E-state index is -0.772. The molecule has 1 fully saturated rings. The van der Waals surface area contributed by atoms with Gasteiger partial charge in [0, 0.05) is 30.7 Å². The summed E-state index contributed by atoms with van der Waals surface area (Å²) >= 11 is 0. The number of phenolic OH excluding ortho intramolecular Hbond substituents is 2. The predicted octanol–water partition coefficient (Wildman–Crippen LogP) is 1.32. The van der Waals surface area contributed by atoms with Crippen LogP contribution in [0.2, 0.25) is 0 Å². The van der Waals surface area contributed by atoms with Crippen molar-refractivity contribution in [1.29, 1.82) is 0 Å². The molecule has 2 atom stereocenters. The Kier molecular flexibility index (Phi) is 6.94. The van der Waals surface area contributed by atoms with E-state index in [-0.39, 0.29) is 37.0 Å². The quantitative estimate of drug-likeness (QED) is 0.460. The molecule has 0 unspecified atom stereocenters. The summed E-state index contributed by atoms with van der Waals surface area (Å²) in [5.41, 5.74) is 2.74. The Labute approximate surface area is 174 Å². The van der Waals surface area contributed by atoms with E-state index in [1.807, 2.05) is 6.92 Å². The number of hydrogen-bond donors (Lipinski definition) is 5. The molecule has 1 amide bonds. The van der Waals surface area contributed by atoms with E-state index in [0.717, 1.165) is 0 Å². The first-order valence-corrected chi connectivity index (χ1v) is 9.85. The molecule has 0 aromatic heterocycles. The Morgan fingerprint density at radius 2 is 1.70 bits per heavy atom. The number of aromatic hydroxyl groups is 2. The lowest BCUT2D eigenvalue weighted by molar-refractivity contribution is -0.0725. The molecule has 3 rings (SSSR count). The van der Waals surface area contributed by atoms with Gasteiger partial charge in [0.1, 0.15) is 23.7 Å². The molecule has 0 spiro atoms. The molecule has 0 bridgehead atoms. The molecule has 162 valence electrons. The highest BCUT2D eigenvalue weighted by molar-refractivity contribution is 5.95. The third-order valence-corrected chi connectivity index (χ3v) is 5.30. The molecule has 8 heteroatoms. The van der Waals surface area contributed by atoms with E-state index >= 15 is 0 Å². The van der Waals surface area contributed by atoms with E-state index in [9.17, 15) is 25.2 Å². The molecule has 0 aliphatic carbocycles. The highest BCUT2D eigenvalue weighted by atomic mass is 16.7. The lowest BCUT2D eigenvalue weighted by atomic mass is 9.89. The predicted molar refractivity (Wildman–Crippen MR) is 109 cm³/mol. The summed E-state index contributed by atoms with van der Waals surface area (Å²) < 4.78 is 11.4. The third kappa shape index (κ3) is 4.27. The van der Waals surface area contributed by atoms with Gasteiger partial charge in [-0.3, -0.25) is 4.79 Å². The van der Waals surface area contributed by atoms with Crippen LogP contribution in [-0.2, 0) is 22.3 Å². The minimum Gasteiger partial charge on any atom is -0.508 e. The van der Waals surface area contributed by atoms with Crippen molar-refractivity contribution in [2.45, 2.75) is 38.3 Å². The molecule has 1 aliphatic rings. The van der Waals surface area contributed by atoms with Gasteiger partial charge in [0.2, 0.25) is 0 Å². The number of benzene rings is 2. The smallest absolute Gasteiger partial charge is 0.251 e. The number of carbonyl (C=O) groups excluding carboxylic acids is 1. The number of aliphatic hydroxyl groups excluding tert-OH is 2. The zero-order valence-corrected chi connectivity index (χ0v) is 17.0. The average molecular weight is 417 g/mol. The van der Waals surface area contributed by atoms with Crippen LogP contribution in [0.25, 0.3) is 11.1 Å². The molecule has 5 N–H and O–H groups in total. The molecular weight excluding hydrogens is 390 g/mol. The van der Waals surface area contributed by atoms with Gasteiger partial charge in [0.05, 0.1) is 13.2 Å². The molecule has 2 aromatic rings. The van der Waals surface area contributed by atoms with Gasteiger partial charge in [-0.05, 0) is 35.2 Å². The van der Waals surface area contributed by atoms with Gasteiger partial charge in [-0.1, -0.05) is 19.1 Å². The molecule has 1 aliphatic heterocycles. The van der Waals surface area contributed by atoms with Crippen molar-refractivity contribution in [3.8, 4) is 22.6 Å². The number of phenols is 2. The maximum atomic E-state index is 12.1. The second-order valence-corrected chi connectivity index (χ2v) is 7.11. The van der Waals surface area contributed by atoms with E-state index in [1.54, 1.807) is 24.3 Å². The summed E-state index contributed by atoms with van der Waals surface area (Å²) in [5, 5.41) is 42.6. The number of amides is 1. The van der Waals surface area contributed by atoms with Crippen LogP contribution in [0.5, 0.6) is 11.5 Å². The van der Waals surface area contributed by atoms with Crippen LogP contribution in [-0.4, -0.2) is 65.1 Å². The SMILES string of the molecule is CCc1c(O)cc(O)c(-c2cccc(C(=O)NC)c2)c1CC1O[C@H](CO)[C@@H](CO)O1.